The van der Waals surface area contributed by atoms with Crippen LogP contribution in [0.5, 0.6) is 0 Å². The van der Waals surface area contributed by atoms with Gasteiger partial charge in [-0.05, 0) is 25.7 Å². The molecular formula is C15H25N3O. The Hall–Kier alpha value is -1.08. The number of likely N-dealkylation sites (tertiary alicyclic amines) is 1. The Kier molecular flexibility index (Phi) is 4.81. The summed E-state index contributed by atoms with van der Waals surface area (Å²) < 4.78 is 0. The summed E-state index contributed by atoms with van der Waals surface area (Å²) in [7, 11) is 0. The lowest BCUT2D eigenvalue weighted by molar-refractivity contribution is -0.130. The third-order valence-electron chi connectivity index (χ3n) is 4.61. The van der Waals surface area contributed by atoms with Gasteiger partial charge in [0.1, 0.15) is 5.54 Å². The number of nitriles is 1. The largest absolute Gasteiger partial charge is 0.343 e. The highest BCUT2D eigenvalue weighted by molar-refractivity contribution is 5.73. The number of carbonyl (C=O) groups excluding carboxylic acids is 1. The van der Waals surface area contributed by atoms with Gasteiger partial charge in [0.05, 0.1) is 6.07 Å². The Balaban J connectivity index is 1.92. The highest BCUT2D eigenvalue weighted by atomic mass is 16.2. The number of amides is 1. The van der Waals surface area contributed by atoms with Crippen molar-refractivity contribution in [3.8, 4) is 6.07 Å². The number of hydrogen-bond acceptors (Lipinski definition) is 3. The Morgan fingerprint density at radius 3 is 2.26 bits per heavy atom. The summed E-state index contributed by atoms with van der Waals surface area (Å²) >= 11 is 0. The first-order valence-corrected chi connectivity index (χ1v) is 7.60. The van der Waals surface area contributed by atoms with Crippen LogP contribution in [0, 0.1) is 11.3 Å². The van der Waals surface area contributed by atoms with Gasteiger partial charge in [-0.25, -0.2) is 0 Å². The monoisotopic (exact) mass is 263 g/mol. The maximum Gasteiger partial charge on any atom is 0.219 e. The van der Waals surface area contributed by atoms with E-state index in [1.165, 1.54) is 38.5 Å². The quantitative estimate of drug-likeness (QED) is 0.777. The predicted octanol–water partition coefficient (Wildman–Crippen LogP) is 2.20. The molecule has 2 rings (SSSR count). The number of piperidine rings is 1. The molecular weight excluding hydrogens is 238 g/mol. The number of rotatable bonds is 2. The predicted molar refractivity (Wildman–Crippen MR) is 74.5 cm³/mol. The van der Waals surface area contributed by atoms with Crippen LogP contribution in [0.3, 0.4) is 0 Å². The van der Waals surface area contributed by atoms with Gasteiger partial charge in [0.25, 0.3) is 0 Å². The van der Waals surface area contributed by atoms with Gasteiger partial charge in [-0.1, -0.05) is 25.7 Å². The third kappa shape index (κ3) is 3.70. The second-order valence-corrected chi connectivity index (χ2v) is 6.03. The Bertz CT molecular complexity index is 345. The van der Waals surface area contributed by atoms with E-state index in [1.807, 2.05) is 4.90 Å². The van der Waals surface area contributed by atoms with Crippen molar-refractivity contribution in [1.29, 1.82) is 5.26 Å². The first-order valence-electron chi connectivity index (χ1n) is 7.60. The van der Waals surface area contributed by atoms with Crippen LogP contribution in [0.15, 0.2) is 0 Å². The Morgan fingerprint density at radius 1 is 1.21 bits per heavy atom. The molecule has 106 valence electrons. The molecule has 2 fully saturated rings. The van der Waals surface area contributed by atoms with Crippen molar-refractivity contribution in [3.05, 3.63) is 0 Å². The zero-order valence-electron chi connectivity index (χ0n) is 12.0. The maximum atomic E-state index is 11.4. The molecule has 0 radical (unpaired) electrons. The normalized spacial score (nSPS) is 24.5. The molecule has 1 aliphatic heterocycles. The highest BCUT2D eigenvalue weighted by Gasteiger charge is 2.36. The molecule has 1 amide bonds. The van der Waals surface area contributed by atoms with Crippen molar-refractivity contribution >= 4 is 5.91 Å². The molecule has 0 unspecified atom stereocenters. The smallest absolute Gasteiger partial charge is 0.219 e. The van der Waals surface area contributed by atoms with Gasteiger partial charge >= 0.3 is 0 Å². The van der Waals surface area contributed by atoms with Crippen molar-refractivity contribution in [2.24, 2.45) is 0 Å². The first-order chi connectivity index (χ1) is 9.15. The van der Waals surface area contributed by atoms with Crippen molar-refractivity contribution < 1.29 is 4.79 Å². The Labute approximate surface area is 116 Å². The van der Waals surface area contributed by atoms with Crippen LogP contribution in [-0.4, -0.2) is 35.5 Å². The van der Waals surface area contributed by atoms with Crippen molar-refractivity contribution in [2.45, 2.75) is 69.9 Å². The summed E-state index contributed by atoms with van der Waals surface area (Å²) in [5, 5.41) is 13.2. The second-order valence-electron chi connectivity index (χ2n) is 6.03. The molecule has 19 heavy (non-hydrogen) atoms. The van der Waals surface area contributed by atoms with E-state index >= 15 is 0 Å². The molecule has 0 aromatic carbocycles. The molecule has 1 N–H and O–H groups in total. The van der Waals surface area contributed by atoms with E-state index in [2.05, 4.69) is 11.4 Å². The van der Waals surface area contributed by atoms with E-state index in [-0.39, 0.29) is 5.91 Å². The minimum Gasteiger partial charge on any atom is -0.343 e. The summed E-state index contributed by atoms with van der Waals surface area (Å²) in [4.78, 5) is 13.2. The lowest BCUT2D eigenvalue weighted by atomic mass is 9.87. The fraction of sp³-hybridized carbons (Fsp3) is 0.867. The zero-order valence-corrected chi connectivity index (χ0v) is 12.0. The second kappa shape index (κ2) is 6.38. The summed E-state index contributed by atoms with van der Waals surface area (Å²) in [5.41, 5.74) is -0.402. The average Bonchev–Trinajstić information content (AvgIpc) is 2.68. The molecule has 1 heterocycles. The topological polar surface area (TPSA) is 56.1 Å². The van der Waals surface area contributed by atoms with Gasteiger partial charge in [-0.3, -0.25) is 10.1 Å². The standard InChI is InChI=1S/C15H25N3O/c1-13(19)18-10-8-15(12-16,9-11-18)17-14-6-4-2-3-5-7-14/h14,17H,2-11H2,1H3. The van der Waals surface area contributed by atoms with Crippen molar-refractivity contribution in [2.75, 3.05) is 13.1 Å². The Morgan fingerprint density at radius 2 is 1.79 bits per heavy atom. The summed E-state index contributed by atoms with van der Waals surface area (Å²) in [6.45, 7) is 3.03. The van der Waals surface area contributed by atoms with E-state index in [0.717, 1.165) is 12.8 Å². The van der Waals surface area contributed by atoms with Gasteiger partial charge in [0, 0.05) is 26.1 Å². The van der Waals surface area contributed by atoms with E-state index in [9.17, 15) is 10.1 Å². The molecule has 0 bridgehead atoms. The van der Waals surface area contributed by atoms with Crippen molar-refractivity contribution in [3.63, 3.8) is 0 Å². The SMILES string of the molecule is CC(=O)N1CCC(C#N)(NC2CCCCCC2)CC1. The van der Waals surface area contributed by atoms with Crippen LogP contribution in [0.4, 0.5) is 0 Å². The molecule has 0 spiro atoms. The number of nitrogens with one attached hydrogen (secondary N) is 1. The van der Waals surface area contributed by atoms with Crippen LogP contribution < -0.4 is 5.32 Å². The molecule has 4 nitrogen and oxygen atoms in total. The van der Waals surface area contributed by atoms with Crippen LogP contribution in [-0.2, 0) is 4.79 Å². The molecule has 0 aromatic heterocycles. The first kappa shape index (κ1) is 14.3. The van der Waals surface area contributed by atoms with Gasteiger partial charge in [0.15, 0.2) is 0 Å². The van der Waals surface area contributed by atoms with Gasteiger partial charge in [-0.15, -0.1) is 0 Å². The minimum absolute atomic E-state index is 0.126. The molecule has 1 aliphatic carbocycles. The van der Waals surface area contributed by atoms with Gasteiger partial charge in [0.2, 0.25) is 5.91 Å². The fourth-order valence-corrected chi connectivity index (χ4v) is 3.31. The van der Waals surface area contributed by atoms with E-state index in [0.29, 0.717) is 19.1 Å². The zero-order chi connectivity index (χ0) is 13.7. The molecule has 2 aliphatic rings. The van der Waals surface area contributed by atoms with Crippen LogP contribution >= 0.6 is 0 Å². The summed E-state index contributed by atoms with van der Waals surface area (Å²) in [5.74, 6) is 0.126. The summed E-state index contributed by atoms with van der Waals surface area (Å²) in [6.07, 6.45) is 9.13. The van der Waals surface area contributed by atoms with E-state index < -0.39 is 5.54 Å². The number of carbonyl (C=O) groups is 1. The van der Waals surface area contributed by atoms with E-state index in [4.69, 9.17) is 0 Å². The van der Waals surface area contributed by atoms with Gasteiger partial charge < -0.3 is 4.90 Å². The highest BCUT2D eigenvalue weighted by Crippen LogP contribution is 2.26. The van der Waals surface area contributed by atoms with Crippen LogP contribution in [0.25, 0.3) is 0 Å². The van der Waals surface area contributed by atoms with E-state index in [1.54, 1.807) is 6.92 Å². The molecule has 0 atom stereocenters. The third-order valence-corrected chi connectivity index (χ3v) is 4.61. The van der Waals surface area contributed by atoms with Crippen LogP contribution in [0.2, 0.25) is 0 Å². The number of nitrogens with zero attached hydrogens (tertiary/aromatic N) is 2. The molecule has 4 heteroatoms. The molecule has 0 aromatic rings. The maximum absolute atomic E-state index is 11.4. The average molecular weight is 263 g/mol. The van der Waals surface area contributed by atoms with Gasteiger partial charge in [-0.2, -0.15) is 5.26 Å². The lowest BCUT2D eigenvalue weighted by Crippen LogP contribution is -2.56. The summed E-state index contributed by atoms with van der Waals surface area (Å²) in [6, 6.07) is 2.99. The molecule has 1 saturated heterocycles. The van der Waals surface area contributed by atoms with Crippen LogP contribution in [0.1, 0.15) is 58.3 Å². The minimum atomic E-state index is -0.402. The molecule has 1 saturated carbocycles. The lowest BCUT2D eigenvalue weighted by Gasteiger charge is -2.39. The number of hydrogen-bond donors (Lipinski definition) is 1. The van der Waals surface area contributed by atoms with Crippen molar-refractivity contribution in [1.82, 2.24) is 10.2 Å². The fourth-order valence-electron chi connectivity index (χ4n) is 3.31.